The summed E-state index contributed by atoms with van der Waals surface area (Å²) in [4.78, 5) is 28.2. The number of carbonyl (C=O) groups is 2. The number of para-hydroxylation sites is 2. The van der Waals surface area contributed by atoms with Crippen LogP contribution >= 0.6 is 11.3 Å². The van der Waals surface area contributed by atoms with E-state index in [1.54, 1.807) is 4.90 Å². The van der Waals surface area contributed by atoms with Crippen LogP contribution in [0.3, 0.4) is 0 Å². The minimum atomic E-state index is -0.229. The lowest BCUT2D eigenvalue weighted by atomic mass is 10.1. The van der Waals surface area contributed by atoms with Crippen LogP contribution in [-0.4, -0.2) is 42.7 Å². The molecule has 0 spiro atoms. The van der Waals surface area contributed by atoms with Gasteiger partial charge < -0.3 is 19.7 Å². The van der Waals surface area contributed by atoms with E-state index < -0.39 is 0 Å². The largest absolute Gasteiger partial charge is 0.490 e. The predicted octanol–water partition coefficient (Wildman–Crippen LogP) is 6.45. The highest BCUT2D eigenvalue weighted by molar-refractivity contribution is 7.17. The first-order valence-electron chi connectivity index (χ1n) is 11.8. The van der Waals surface area contributed by atoms with Gasteiger partial charge in [-0.15, -0.1) is 11.3 Å². The first-order chi connectivity index (χ1) is 16.6. The predicted molar refractivity (Wildman–Crippen MR) is 136 cm³/mol. The van der Waals surface area contributed by atoms with Gasteiger partial charge in [-0.25, -0.2) is 4.79 Å². The van der Waals surface area contributed by atoms with Crippen LogP contribution in [0, 0.1) is 0 Å². The van der Waals surface area contributed by atoms with Crippen molar-refractivity contribution in [2.45, 2.75) is 38.7 Å². The number of benzene rings is 2. The van der Waals surface area contributed by atoms with Crippen molar-refractivity contribution in [2.24, 2.45) is 0 Å². The van der Waals surface area contributed by atoms with Crippen LogP contribution in [0.2, 0.25) is 0 Å². The van der Waals surface area contributed by atoms with E-state index in [2.05, 4.69) is 12.2 Å². The number of hydrogen-bond donors (Lipinski definition) is 1. The lowest BCUT2D eigenvalue weighted by Gasteiger charge is -2.31. The number of nitrogens with one attached hydrogen (secondary N) is 1. The Morgan fingerprint density at radius 1 is 1.00 bits per heavy atom. The van der Waals surface area contributed by atoms with Gasteiger partial charge in [0, 0.05) is 42.1 Å². The Bertz CT molecular complexity index is 1090. The Morgan fingerprint density at radius 3 is 2.50 bits per heavy atom. The highest BCUT2D eigenvalue weighted by Crippen LogP contribution is 2.36. The van der Waals surface area contributed by atoms with Gasteiger partial charge in [-0.05, 0) is 42.8 Å². The van der Waals surface area contributed by atoms with Crippen molar-refractivity contribution in [3.63, 3.8) is 0 Å². The molecule has 2 aromatic carbocycles. The number of likely N-dealkylation sites (tertiary alicyclic amines) is 1. The normalized spacial score (nSPS) is 14.0. The van der Waals surface area contributed by atoms with Gasteiger partial charge in [-0.1, -0.05) is 43.7 Å². The van der Waals surface area contributed by atoms with Gasteiger partial charge in [0.2, 0.25) is 0 Å². The molecule has 0 aliphatic carbocycles. The molecule has 0 unspecified atom stereocenters. The van der Waals surface area contributed by atoms with Crippen molar-refractivity contribution in [3.8, 4) is 16.2 Å². The summed E-state index contributed by atoms with van der Waals surface area (Å²) in [5, 5.41) is 2.93. The molecule has 1 saturated heterocycles. The second kappa shape index (κ2) is 11.7. The van der Waals surface area contributed by atoms with Gasteiger partial charge >= 0.3 is 6.09 Å². The van der Waals surface area contributed by atoms with E-state index in [1.165, 1.54) is 11.3 Å². The van der Waals surface area contributed by atoms with Crippen molar-refractivity contribution < 1.29 is 19.1 Å². The monoisotopic (exact) mass is 478 g/mol. The van der Waals surface area contributed by atoms with Gasteiger partial charge in [0.1, 0.15) is 11.9 Å². The molecular formula is C27H30N2O4S. The Hall–Kier alpha value is -3.32. The first-order valence-corrected chi connectivity index (χ1v) is 12.6. The topological polar surface area (TPSA) is 67.9 Å². The van der Waals surface area contributed by atoms with Gasteiger partial charge in [0.05, 0.1) is 11.5 Å². The first kappa shape index (κ1) is 23.8. The van der Waals surface area contributed by atoms with Crippen molar-refractivity contribution >= 4 is 29.0 Å². The maximum Gasteiger partial charge on any atom is 0.409 e. The summed E-state index contributed by atoms with van der Waals surface area (Å²) in [6.07, 6.45) is 3.21. The summed E-state index contributed by atoms with van der Waals surface area (Å²) >= 11 is 1.44. The van der Waals surface area contributed by atoms with Crippen molar-refractivity contribution in [1.82, 2.24) is 4.90 Å². The van der Waals surface area contributed by atoms with Crippen LogP contribution in [-0.2, 0) is 4.74 Å². The van der Waals surface area contributed by atoms with Crippen LogP contribution < -0.4 is 10.1 Å². The molecule has 2 amide bonds. The number of anilines is 1. The molecule has 6 nitrogen and oxygen atoms in total. The number of nitrogens with zero attached hydrogens (tertiary/aromatic N) is 1. The van der Waals surface area contributed by atoms with Crippen LogP contribution in [0.5, 0.6) is 5.75 Å². The highest BCUT2D eigenvalue weighted by Gasteiger charge is 2.25. The number of thiophene rings is 1. The molecule has 1 aliphatic heterocycles. The molecule has 2 heterocycles. The molecule has 1 fully saturated rings. The number of amides is 2. The second-order valence-electron chi connectivity index (χ2n) is 8.25. The van der Waals surface area contributed by atoms with Gasteiger partial charge in [-0.3, -0.25) is 4.79 Å². The van der Waals surface area contributed by atoms with Crippen LogP contribution in [0.15, 0.2) is 66.7 Å². The Balaban J connectivity index is 1.37. The summed E-state index contributed by atoms with van der Waals surface area (Å²) in [5.74, 6) is 0.669. The fourth-order valence-corrected chi connectivity index (χ4v) is 4.75. The van der Waals surface area contributed by atoms with Gasteiger partial charge in [-0.2, -0.15) is 0 Å². The molecule has 34 heavy (non-hydrogen) atoms. The summed E-state index contributed by atoms with van der Waals surface area (Å²) in [7, 11) is 0. The number of hydrogen-bond acceptors (Lipinski definition) is 5. The van der Waals surface area contributed by atoms with E-state index in [9.17, 15) is 9.59 Å². The van der Waals surface area contributed by atoms with Crippen LogP contribution in [0.4, 0.5) is 10.5 Å². The van der Waals surface area contributed by atoms with E-state index in [4.69, 9.17) is 9.47 Å². The molecule has 1 N–H and O–H groups in total. The molecule has 1 aromatic heterocycles. The maximum atomic E-state index is 12.7. The second-order valence-corrected chi connectivity index (χ2v) is 9.34. The third-order valence-electron chi connectivity index (χ3n) is 5.73. The number of carbonyl (C=O) groups excluding carboxylic acids is 2. The minimum absolute atomic E-state index is 0.0293. The zero-order valence-electron chi connectivity index (χ0n) is 19.4. The molecule has 1 aliphatic rings. The molecule has 3 aromatic rings. The summed E-state index contributed by atoms with van der Waals surface area (Å²) < 4.78 is 11.7. The average molecular weight is 479 g/mol. The maximum absolute atomic E-state index is 12.7. The third-order valence-corrected chi connectivity index (χ3v) is 6.85. The molecule has 0 saturated carbocycles. The van der Waals surface area contributed by atoms with E-state index in [-0.39, 0.29) is 18.1 Å². The molecule has 0 radical (unpaired) electrons. The van der Waals surface area contributed by atoms with E-state index in [1.807, 2.05) is 66.7 Å². The molecule has 178 valence electrons. The average Bonchev–Trinajstić information content (AvgIpc) is 3.36. The molecule has 0 bridgehead atoms. The summed E-state index contributed by atoms with van der Waals surface area (Å²) in [5.41, 5.74) is 1.74. The van der Waals surface area contributed by atoms with E-state index >= 15 is 0 Å². The third kappa shape index (κ3) is 6.17. The summed E-state index contributed by atoms with van der Waals surface area (Å²) in [6.45, 7) is 3.80. The zero-order valence-corrected chi connectivity index (χ0v) is 20.2. The summed E-state index contributed by atoms with van der Waals surface area (Å²) in [6, 6.07) is 21.1. The lowest BCUT2D eigenvalue weighted by molar-refractivity contribution is 0.0672. The van der Waals surface area contributed by atoms with E-state index in [0.717, 1.165) is 47.6 Å². The fourth-order valence-electron chi connectivity index (χ4n) is 3.82. The molecular weight excluding hydrogens is 448 g/mol. The Kier molecular flexibility index (Phi) is 8.20. The highest BCUT2D eigenvalue weighted by atomic mass is 32.1. The van der Waals surface area contributed by atoms with Crippen molar-refractivity contribution in [2.75, 3.05) is 25.0 Å². The minimum Gasteiger partial charge on any atom is -0.490 e. The van der Waals surface area contributed by atoms with Crippen LogP contribution in [0.1, 0.15) is 42.3 Å². The zero-order chi connectivity index (χ0) is 23.8. The lowest BCUT2D eigenvalue weighted by Crippen LogP contribution is -2.42. The van der Waals surface area contributed by atoms with E-state index in [0.29, 0.717) is 24.6 Å². The quantitative estimate of drug-likeness (QED) is 0.378. The standard InChI is InChI=1S/C27H30N2O4S/c1-2-3-19-32-27(31)29-17-15-21(16-18-29)33-23-12-8-7-11-22(23)24-13-14-25(34-24)26(30)28-20-9-5-4-6-10-20/h4-14,21H,2-3,15-19H2,1H3,(H,28,30). The van der Waals surface area contributed by atoms with Crippen molar-refractivity contribution in [1.29, 1.82) is 0 Å². The Morgan fingerprint density at radius 2 is 1.74 bits per heavy atom. The molecule has 7 heteroatoms. The fraction of sp³-hybridized carbons (Fsp3) is 0.333. The van der Waals surface area contributed by atoms with Gasteiger partial charge in [0.15, 0.2) is 0 Å². The molecule has 4 rings (SSSR count). The smallest absolute Gasteiger partial charge is 0.409 e. The number of rotatable bonds is 8. The van der Waals surface area contributed by atoms with Crippen molar-refractivity contribution in [3.05, 3.63) is 71.6 Å². The Labute approximate surface area is 204 Å². The van der Waals surface area contributed by atoms with Crippen LogP contribution in [0.25, 0.3) is 10.4 Å². The van der Waals surface area contributed by atoms with Gasteiger partial charge in [0.25, 0.3) is 5.91 Å². The number of piperidine rings is 1. The molecule has 0 atom stereocenters. The SMILES string of the molecule is CCCCOC(=O)N1CCC(Oc2ccccc2-c2ccc(C(=O)Nc3ccccc3)s2)CC1. The number of ether oxygens (including phenoxy) is 2. The number of unbranched alkanes of at least 4 members (excludes halogenated alkanes) is 1.